The molecule has 2 aliphatic rings. The van der Waals surface area contributed by atoms with E-state index < -0.39 is 6.36 Å². The molecule has 1 saturated carbocycles. The maximum absolute atomic E-state index is 12.6. The van der Waals surface area contributed by atoms with Crippen molar-refractivity contribution in [1.82, 2.24) is 10.2 Å². The quantitative estimate of drug-likeness (QED) is 0.927. The zero-order chi connectivity index (χ0) is 16.6. The molecule has 1 aliphatic carbocycles. The third-order valence-electron chi connectivity index (χ3n) is 4.44. The Kier molecular flexibility index (Phi) is 4.23. The first-order valence-corrected chi connectivity index (χ1v) is 7.72. The van der Waals surface area contributed by atoms with Gasteiger partial charge in [-0.15, -0.1) is 13.2 Å². The fraction of sp³-hybridized carbons (Fsp3) is 0.562. The molecule has 1 aromatic rings. The van der Waals surface area contributed by atoms with E-state index in [9.17, 15) is 18.0 Å². The molecular formula is C16H19F3N2O2. The van der Waals surface area contributed by atoms with Crippen LogP contribution in [-0.2, 0) is 4.79 Å². The average molecular weight is 328 g/mol. The fourth-order valence-corrected chi connectivity index (χ4v) is 3.20. The summed E-state index contributed by atoms with van der Waals surface area (Å²) in [5.41, 5.74) is 0.464. The molecule has 1 saturated heterocycles. The standard InChI is InChI=1S/C16H19F3N2O2/c1-10-9-20-6-7-21(10)15(22)13-8-12(13)11-4-2-3-5-14(11)23-16(17,18)19/h2-5,10,12-13,20H,6-9H2,1H3/t10-,12?,13?/m0/s1. The number of hydrogen-bond donors (Lipinski definition) is 1. The van der Waals surface area contributed by atoms with E-state index in [0.29, 0.717) is 18.5 Å². The van der Waals surface area contributed by atoms with E-state index >= 15 is 0 Å². The molecule has 0 bridgehead atoms. The Morgan fingerprint density at radius 3 is 2.78 bits per heavy atom. The number of nitrogens with zero attached hydrogens (tertiary/aromatic N) is 1. The molecule has 2 unspecified atom stereocenters. The number of nitrogens with one attached hydrogen (secondary N) is 1. The number of halogens is 3. The molecule has 1 aromatic carbocycles. The highest BCUT2D eigenvalue weighted by Gasteiger charge is 2.48. The van der Waals surface area contributed by atoms with Crippen molar-refractivity contribution < 1.29 is 22.7 Å². The Morgan fingerprint density at radius 1 is 1.35 bits per heavy atom. The summed E-state index contributed by atoms with van der Waals surface area (Å²) < 4.78 is 41.6. The summed E-state index contributed by atoms with van der Waals surface area (Å²) in [5.74, 6) is -0.601. The molecule has 0 radical (unpaired) electrons. The summed E-state index contributed by atoms with van der Waals surface area (Å²) in [5, 5.41) is 3.22. The summed E-state index contributed by atoms with van der Waals surface area (Å²) in [6.45, 7) is 4.12. The number of hydrogen-bond acceptors (Lipinski definition) is 3. The number of amides is 1. The van der Waals surface area contributed by atoms with E-state index in [1.165, 1.54) is 12.1 Å². The Hall–Kier alpha value is -1.76. The van der Waals surface area contributed by atoms with E-state index in [0.717, 1.165) is 13.1 Å². The van der Waals surface area contributed by atoms with Crippen molar-refractivity contribution in [3.8, 4) is 5.75 Å². The van der Waals surface area contributed by atoms with Crippen molar-refractivity contribution in [3.05, 3.63) is 29.8 Å². The number of piperazine rings is 1. The maximum atomic E-state index is 12.6. The average Bonchev–Trinajstić information content (AvgIpc) is 3.26. The lowest BCUT2D eigenvalue weighted by atomic mass is 10.1. The van der Waals surface area contributed by atoms with Crippen LogP contribution in [0.1, 0.15) is 24.8 Å². The summed E-state index contributed by atoms with van der Waals surface area (Å²) in [7, 11) is 0. The predicted molar refractivity (Wildman–Crippen MR) is 78.0 cm³/mol. The molecule has 1 amide bonds. The second kappa shape index (κ2) is 6.03. The van der Waals surface area contributed by atoms with Crippen LogP contribution in [0.2, 0.25) is 0 Å². The second-order valence-electron chi connectivity index (χ2n) is 6.12. The van der Waals surface area contributed by atoms with Crippen LogP contribution in [0.3, 0.4) is 0 Å². The van der Waals surface area contributed by atoms with Crippen LogP contribution in [0.15, 0.2) is 24.3 Å². The van der Waals surface area contributed by atoms with Gasteiger partial charge in [0.05, 0.1) is 0 Å². The largest absolute Gasteiger partial charge is 0.573 e. The molecule has 2 fully saturated rings. The van der Waals surface area contributed by atoms with E-state index in [2.05, 4.69) is 10.1 Å². The minimum absolute atomic E-state index is 0.0332. The topological polar surface area (TPSA) is 41.6 Å². The van der Waals surface area contributed by atoms with Crippen molar-refractivity contribution in [2.75, 3.05) is 19.6 Å². The van der Waals surface area contributed by atoms with Gasteiger partial charge in [-0.1, -0.05) is 18.2 Å². The summed E-state index contributed by atoms with van der Waals surface area (Å²) in [4.78, 5) is 14.4. The van der Waals surface area contributed by atoms with Crippen LogP contribution < -0.4 is 10.1 Å². The highest BCUT2D eigenvalue weighted by Crippen LogP contribution is 2.51. The number of carbonyl (C=O) groups excluding carboxylic acids is 1. The molecule has 1 heterocycles. The normalized spacial score (nSPS) is 27.7. The molecule has 23 heavy (non-hydrogen) atoms. The number of ether oxygens (including phenoxy) is 1. The number of rotatable bonds is 3. The Labute approximate surface area is 132 Å². The van der Waals surface area contributed by atoms with Crippen molar-refractivity contribution in [2.24, 2.45) is 5.92 Å². The third kappa shape index (κ3) is 3.60. The van der Waals surface area contributed by atoms with Crippen LogP contribution >= 0.6 is 0 Å². The van der Waals surface area contributed by atoms with Crippen molar-refractivity contribution in [3.63, 3.8) is 0 Å². The number of carbonyl (C=O) groups is 1. The molecule has 126 valence electrons. The van der Waals surface area contributed by atoms with Gasteiger partial charge in [-0.3, -0.25) is 4.79 Å². The van der Waals surface area contributed by atoms with Crippen LogP contribution in [0.25, 0.3) is 0 Å². The minimum atomic E-state index is -4.72. The van der Waals surface area contributed by atoms with Gasteiger partial charge in [-0.25, -0.2) is 0 Å². The van der Waals surface area contributed by atoms with Crippen molar-refractivity contribution in [1.29, 1.82) is 0 Å². The second-order valence-corrected chi connectivity index (χ2v) is 6.12. The van der Waals surface area contributed by atoms with Crippen LogP contribution in [0, 0.1) is 5.92 Å². The zero-order valence-electron chi connectivity index (χ0n) is 12.8. The number of benzene rings is 1. The van der Waals surface area contributed by atoms with Gasteiger partial charge in [-0.05, 0) is 30.9 Å². The van der Waals surface area contributed by atoms with Gasteiger partial charge in [-0.2, -0.15) is 0 Å². The van der Waals surface area contributed by atoms with Gasteiger partial charge in [0.15, 0.2) is 0 Å². The smallest absolute Gasteiger partial charge is 0.405 e. The molecule has 3 rings (SSSR count). The Balaban J connectivity index is 1.72. The molecule has 3 atom stereocenters. The lowest BCUT2D eigenvalue weighted by molar-refractivity contribution is -0.274. The van der Waals surface area contributed by atoms with Gasteiger partial charge in [0, 0.05) is 31.6 Å². The van der Waals surface area contributed by atoms with Gasteiger partial charge in [0.1, 0.15) is 5.75 Å². The van der Waals surface area contributed by atoms with Crippen LogP contribution in [0.5, 0.6) is 5.75 Å². The van der Waals surface area contributed by atoms with Crippen molar-refractivity contribution >= 4 is 5.91 Å². The van der Waals surface area contributed by atoms with Gasteiger partial charge in [0.25, 0.3) is 0 Å². The van der Waals surface area contributed by atoms with Gasteiger partial charge >= 0.3 is 6.36 Å². The first-order chi connectivity index (χ1) is 10.9. The van der Waals surface area contributed by atoms with Gasteiger partial charge < -0.3 is 15.0 Å². The third-order valence-corrected chi connectivity index (χ3v) is 4.44. The molecule has 0 spiro atoms. The molecular weight excluding hydrogens is 309 g/mol. The molecule has 0 aromatic heterocycles. The minimum Gasteiger partial charge on any atom is -0.405 e. The summed E-state index contributed by atoms with van der Waals surface area (Å²) in [6.07, 6.45) is -4.15. The molecule has 7 heteroatoms. The van der Waals surface area contributed by atoms with Crippen LogP contribution in [0.4, 0.5) is 13.2 Å². The van der Waals surface area contributed by atoms with E-state index in [4.69, 9.17) is 0 Å². The van der Waals surface area contributed by atoms with E-state index in [-0.39, 0.29) is 29.5 Å². The van der Waals surface area contributed by atoms with Crippen molar-refractivity contribution in [2.45, 2.75) is 31.7 Å². The lowest BCUT2D eigenvalue weighted by Crippen LogP contribution is -2.52. The zero-order valence-corrected chi connectivity index (χ0v) is 12.8. The predicted octanol–water partition coefficient (Wildman–Crippen LogP) is 2.51. The molecule has 4 nitrogen and oxygen atoms in total. The SMILES string of the molecule is C[C@H]1CNCCN1C(=O)C1CC1c1ccccc1OC(F)(F)F. The lowest BCUT2D eigenvalue weighted by Gasteiger charge is -2.34. The van der Waals surface area contributed by atoms with Crippen LogP contribution in [-0.4, -0.2) is 42.8 Å². The number of alkyl halides is 3. The Bertz CT molecular complexity index is 591. The molecule has 1 N–H and O–H groups in total. The Morgan fingerprint density at radius 2 is 2.09 bits per heavy atom. The first kappa shape index (κ1) is 16.1. The highest BCUT2D eigenvalue weighted by molar-refractivity contribution is 5.83. The highest BCUT2D eigenvalue weighted by atomic mass is 19.4. The van der Waals surface area contributed by atoms with E-state index in [1.54, 1.807) is 12.1 Å². The maximum Gasteiger partial charge on any atom is 0.573 e. The molecule has 1 aliphatic heterocycles. The summed E-state index contributed by atoms with van der Waals surface area (Å²) in [6, 6.07) is 6.20. The number of para-hydroxylation sites is 1. The first-order valence-electron chi connectivity index (χ1n) is 7.72. The summed E-state index contributed by atoms with van der Waals surface area (Å²) >= 11 is 0. The van der Waals surface area contributed by atoms with E-state index in [1.807, 2.05) is 11.8 Å². The monoisotopic (exact) mass is 328 g/mol. The van der Waals surface area contributed by atoms with Gasteiger partial charge in [0.2, 0.25) is 5.91 Å². The fourth-order valence-electron chi connectivity index (χ4n) is 3.20.